The van der Waals surface area contributed by atoms with Gasteiger partial charge >= 0.3 is 0 Å². The zero-order chi connectivity index (χ0) is 13.5. The number of sulfonamides is 1. The summed E-state index contributed by atoms with van der Waals surface area (Å²) < 4.78 is 27.0. The molecular weight excluding hydrogens is 284 g/mol. The quantitative estimate of drug-likeness (QED) is 0.845. The van der Waals surface area contributed by atoms with E-state index in [2.05, 4.69) is 10.0 Å². The molecule has 0 atom stereocenters. The van der Waals surface area contributed by atoms with Crippen molar-refractivity contribution < 1.29 is 8.42 Å². The van der Waals surface area contributed by atoms with Crippen LogP contribution >= 0.6 is 11.6 Å². The fourth-order valence-electron chi connectivity index (χ4n) is 1.90. The average Bonchev–Trinajstić information content (AvgIpc) is 3.22. The first-order valence-corrected chi connectivity index (χ1v) is 8.45. The predicted octanol–water partition coefficient (Wildman–Crippen LogP) is 2.03. The minimum Gasteiger partial charge on any atom is -0.310 e. The second kappa shape index (κ2) is 5.05. The molecule has 0 aromatic heterocycles. The number of hydrogen-bond acceptors (Lipinski definition) is 3. The zero-order valence-electron chi connectivity index (χ0n) is 10.5. The van der Waals surface area contributed by atoms with Gasteiger partial charge in [-0.1, -0.05) is 17.7 Å². The Morgan fingerprint density at radius 1 is 1.16 bits per heavy atom. The summed E-state index contributed by atoms with van der Waals surface area (Å²) in [7, 11) is -3.48. The van der Waals surface area contributed by atoms with Gasteiger partial charge in [-0.2, -0.15) is 0 Å². The molecule has 1 aromatic rings. The molecule has 0 spiro atoms. The number of benzene rings is 1. The van der Waals surface area contributed by atoms with Gasteiger partial charge < -0.3 is 5.32 Å². The largest absolute Gasteiger partial charge is 0.310 e. The van der Waals surface area contributed by atoms with E-state index in [0.29, 0.717) is 12.6 Å². The first kappa shape index (κ1) is 13.4. The normalized spacial score (nSPS) is 19.6. The summed E-state index contributed by atoms with van der Waals surface area (Å²) in [6.07, 6.45) is 4.25. The lowest BCUT2D eigenvalue weighted by molar-refractivity contribution is 0.580. The monoisotopic (exact) mass is 300 g/mol. The number of hydrogen-bond donors (Lipinski definition) is 2. The van der Waals surface area contributed by atoms with E-state index in [4.69, 9.17) is 11.6 Å². The van der Waals surface area contributed by atoms with Gasteiger partial charge in [0, 0.05) is 18.6 Å². The highest BCUT2D eigenvalue weighted by Gasteiger charge is 2.29. The lowest BCUT2D eigenvalue weighted by Gasteiger charge is -2.10. The van der Waals surface area contributed by atoms with Gasteiger partial charge in [-0.15, -0.1) is 0 Å². The third-order valence-corrected chi connectivity index (χ3v) is 5.36. The van der Waals surface area contributed by atoms with Crippen molar-refractivity contribution >= 4 is 21.6 Å². The van der Waals surface area contributed by atoms with Crippen LogP contribution in [0.1, 0.15) is 31.2 Å². The van der Waals surface area contributed by atoms with Crippen molar-refractivity contribution in [3.8, 4) is 0 Å². The molecule has 1 aromatic carbocycles. The molecule has 4 nitrogen and oxygen atoms in total. The lowest BCUT2D eigenvalue weighted by atomic mass is 10.2. The Morgan fingerprint density at radius 2 is 1.84 bits per heavy atom. The van der Waals surface area contributed by atoms with Crippen molar-refractivity contribution in [2.45, 2.75) is 49.2 Å². The van der Waals surface area contributed by atoms with Crippen molar-refractivity contribution in [3.05, 3.63) is 28.8 Å². The molecule has 3 rings (SSSR count). The van der Waals surface area contributed by atoms with Crippen molar-refractivity contribution in [2.24, 2.45) is 0 Å². The second-order valence-corrected chi connectivity index (χ2v) is 7.41. The standard InChI is InChI=1S/C13H17ClN2O2S/c14-12-6-1-9(8-15-10-2-3-10)7-13(12)19(17,18)16-11-4-5-11/h1,6-7,10-11,15-16H,2-5,8H2. The highest BCUT2D eigenvalue weighted by Crippen LogP contribution is 2.27. The summed E-state index contributed by atoms with van der Waals surface area (Å²) in [5.74, 6) is 0. The molecule has 2 aliphatic carbocycles. The van der Waals surface area contributed by atoms with Gasteiger partial charge in [0.05, 0.1) is 5.02 Å². The van der Waals surface area contributed by atoms with Crippen molar-refractivity contribution in [2.75, 3.05) is 0 Å². The molecule has 0 unspecified atom stereocenters. The van der Waals surface area contributed by atoms with Crippen LogP contribution in [-0.2, 0) is 16.6 Å². The summed E-state index contributed by atoms with van der Waals surface area (Å²) in [6.45, 7) is 0.688. The number of halogens is 1. The Balaban J connectivity index is 1.79. The third kappa shape index (κ3) is 3.48. The van der Waals surface area contributed by atoms with Gasteiger partial charge in [0.1, 0.15) is 4.90 Å². The third-order valence-electron chi connectivity index (χ3n) is 3.36. The molecule has 0 aliphatic heterocycles. The second-order valence-electron chi connectivity index (χ2n) is 5.32. The Kier molecular flexibility index (Phi) is 3.55. The fraction of sp³-hybridized carbons (Fsp3) is 0.538. The first-order chi connectivity index (χ1) is 9.04. The molecule has 2 aliphatic rings. The van der Waals surface area contributed by atoms with Gasteiger partial charge in [-0.25, -0.2) is 13.1 Å². The van der Waals surface area contributed by atoms with Gasteiger partial charge in [-0.3, -0.25) is 0 Å². The molecule has 0 radical (unpaired) electrons. The van der Waals surface area contributed by atoms with Crippen LogP contribution in [0, 0.1) is 0 Å². The first-order valence-electron chi connectivity index (χ1n) is 6.59. The molecule has 2 N–H and O–H groups in total. The topological polar surface area (TPSA) is 58.2 Å². The van der Waals surface area contributed by atoms with Crippen molar-refractivity contribution in [1.29, 1.82) is 0 Å². The maximum atomic E-state index is 12.2. The minimum atomic E-state index is -3.48. The summed E-state index contributed by atoms with van der Waals surface area (Å²) in [4.78, 5) is 0.191. The molecular formula is C13H17ClN2O2S. The highest BCUT2D eigenvalue weighted by atomic mass is 35.5. The van der Waals surface area contributed by atoms with Crippen molar-refractivity contribution in [3.63, 3.8) is 0 Å². The van der Waals surface area contributed by atoms with E-state index in [-0.39, 0.29) is 16.0 Å². The summed E-state index contributed by atoms with van der Waals surface area (Å²) in [5.41, 5.74) is 0.951. The fourth-order valence-corrected chi connectivity index (χ4v) is 3.75. The highest BCUT2D eigenvalue weighted by molar-refractivity contribution is 7.89. The Morgan fingerprint density at radius 3 is 2.47 bits per heavy atom. The van der Waals surface area contributed by atoms with Crippen LogP contribution in [-0.4, -0.2) is 20.5 Å². The lowest BCUT2D eigenvalue weighted by Crippen LogP contribution is -2.26. The van der Waals surface area contributed by atoms with E-state index in [1.807, 2.05) is 6.07 Å². The van der Waals surface area contributed by atoms with E-state index in [1.54, 1.807) is 12.1 Å². The predicted molar refractivity (Wildman–Crippen MR) is 74.7 cm³/mol. The van der Waals surface area contributed by atoms with E-state index < -0.39 is 10.0 Å². The van der Waals surface area contributed by atoms with Crippen LogP contribution in [0.25, 0.3) is 0 Å². The molecule has 0 amide bonds. The van der Waals surface area contributed by atoms with Gasteiger partial charge in [0.2, 0.25) is 10.0 Å². The Bertz CT molecular complexity index is 580. The molecule has 104 valence electrons. The van der Waals surface area contributed by atoms with Gasteiger partial charge in [-0.05, 0) is 43.4 Å². The molecule has 0 heterocycles. The molecule has 2 fully saturated rings. The molecule has 2 saturated carbocycles. The smallest absolute Gasteiger partial charge is 0.242 e. The van der Waals surface area contributed by atoms with E-state index in [1.165, 1.54) is 12.8 Å². The molecule has 19 heavy (non-hydrogen) atoms. The van der Waals surface area contributed by atoms with E-state index in [9.17, 15) is 8.42 Å². The molecule has 6 heteroatoms. The summed E-state index contributed by atoms with van der Waals surface area (Å²) in [5, 5.41) is 3.65. The van der Waals surface area contributed by atoms with E-state index >= 15 is 0 Å². The van der Waals surface area contributed by atoms with Crippen LogP contribution in [0.3, 0.4) is 0 Å². The van der Waals surface area contributed by atoms with Crippen molar-refractivity contribution in [1.82, 2.24) is 10.0 Å². The maximum absolute atomic E-state index is 12.2. The number of nitrogens with one attached hydrogen (secondary N) is 2. The zero-order valence-corrected chi connectivity index (χ0v) is 12.1. The SMILES string of the molecule is O=S(=O)(NC1CC1)c1cc(CNC2CC2)ccc1Cl. The van der Waals surface area contributed by atoms with Gasteiger partial charge in [0.15, 0.2) is 0 Å². The summed E-state index contributed by atoms with van der Waals surface area (Å²) in [6, 6.07) is 5.89. The Hall–Kier alpha value is -0.620. The van der Waals surface area contributed by atoms with Crippen LogP contribution in [0.5, 0.6) is 0 Å². The van der Waals surface area contributed by atoms with Gasteiger partial charge in [0.25, 0.3) is 0 Å². The van der Waals surface area contributed by atoms with Crippen LogP contribution in [0.4, 0.5) is 0 Å². The van der Waals surface area contributed by atoms with E-state index in [0.717, 1.165) is 18.4 Å². The maximum Gasteiger partial charge on any atom is 0.242 e. The Labute approximate surface area is 118 Å². The van der Waals surface area contributed by atoms with Crippen LogP contribution < -0.4 is 10.0 Å². The number of rotatable bonds is 6. The minimum absolute atomic E-state index is 0.0920. The average molecular weight is 301 g/mol. The summed E-state index contributed by atoms with van der Waals surface area (Å²) >= 11 is 6.02. The van der Waals surface area contributed by atoms with Crippen LogP contribution in [0.15, 0.2) is 23.1 Å². The van der Waals surface area contributed by atoms with Crippen LogP contribution in [0.2, 0.25) is 5.02 Å². The molecule has 0 bridgehead atoms. The molecule has 0 saturated heterocycles.